The van der Waals surface area contributed by atoms with E-state index in [9.17, 15) is 9.59 Å². The molecule has 5 rings (SSSR count). The monoisotopic (exact) mass is 625 g/mol. The second kappa shape index (κ2) is 12.5. The number of benzene rings is 2. The van der Waals surface area contributed by atoms with Crippen molar-refractivity contribution < 1.29 is 19.0 Å². The molecule has 40 heavy (non-hydrogen) atoms. The molecule has 1 saturated heterocycles. The Morgan fingerprint density at radius 2 is 1.93 bits per heavy atom. The number of morpholine rings is 1. The molecule has 8 nitrogen and oxygen atoms in total. The lowest BCUT2D eigenvalue weighted by atomic mass is 9.94. The van der Waals surface area contributed by atoms with E-state index in [0.29, 0.717) is 32.8 Å². The zero-order valence-corrected chi connectivity index (χ0v) is 25.2. The Hall–Kier alpha value is -3.21. The van der Waals surface area contributed by atoms with Crippen LogP contribution >= 0.6 is 27.3 Å². The summed E-state index contributed by atoms with van der Waals surface area (Å²) in [6.07, 6.45) is 3.28. The van der Waals surface area contributed by atoms with Crippen LogP contribution in [0.2, 0.25) is 0 Å². The Morgan fingerprint density at radius 3 is 2.58 bits per heavy atom. The lowest BCUT2D eigenvalue weighted by Gasteiger charge is -2.28. The van der Waals surface area contributed by atoms with Crippen LogP contribution in [0.1, 0.15) is 43.9 Å². The molecule has 10 heteroatoms. The van der Waals surface area contributed by atoms with Gasteiger partial charge in [0.1, 0.15) is 5.75 Å². The third kappa shape index (κ3) is 5.66. The Bertz CT molecular complexity index is 1600. The lowest BCUT2D eigenvalue weighted by Crippen LogP contribution is -2.40. The first-order chi connectivity index (χ1) is 19.4. The largest absolute Gasteiger partial charge is 0.496 e. The number of allylic oxidation sites excluding steroid dienone is 1. The van der Waals surface area contributed by atoms with E-state index in [-0.39, 0.29) is 12.2 Å². The number of rotatable bonds is 8. The molecule has 3 aromatic rings. The predicted molar refractivity (Wildman–Crippen MR) is 160 cm³/mol. The van der Waals surface area contributed by atoms with E-state index in [0.717, 1.165) is 54.0 Å². The summed E-state index contributed by atoms with van der Waals surface area (Å²) in [5.74, 6) is 0.201. The van der Waals surface area contributed by atoms with E-state index < -0.39 is 12.0 Å². The van der Waals surface area contributed by atoms with Crippen molar-refractivity contribution in [2.75, 3.05) is 44.9 Å². The van der Waals surface area contributed by atoms with Crippen LogP contribution in [-0.2, 0) is 14.3 Å². The first kappa shape index (κ1) is 28.3. The number of thiazole rings is 1. The quantitative estimate of drug-likeness (QED) is 0.349. The minimum atomic E-state index is -0.676. The molecular weight excluding hydrogens is 594 g/mol. The number of nitrogens with zero attached hydrogens (tertiary/aromatic N) is 3. The number of fused-ring (bicyclic) bond motifs is 1. The number of hydrogen-bond donors (Lipinski definition) is 0. The third-order valence-electron chi connectivity index (χ3n) is 6.95. The first-order valence-electron chi connectivity index (χ1n) is 13.4. The second-order valence-corrected chi connectivity index (χ2v) is 11.4. The molecule has 2 aliphatic heterocycles. The minimum absolute atomic E-state index is 0.199. The maximum atomic E-state index is 14.0. The maximum absolute atomic E-state index is 14.0. The van der Waals surface area contributed by atoms with Gasteiger partial charge in [-0.1, -0.05) is 42.9 Å². The molecule has 0 spiro atoms. The zero-order chi connectivity index (χ0) is 28.2. The van der Waals surface area contributed by atoms with Crippen LogP contribution in [0.4, 0.5) is 5.69 Å². The molecule has 1 fully saturated rings. The number of ether oxygens (including phenoxy) is 3. The Balaban J connectivity index is 1.63. The highest BCUT2D eigenvalue weighted by Crippen LogP contribution is 2.36. The number of anilines is 1. The number of halogens is 1. The summed E-state index contributed by atoms with van der Waals surface area (Å²) in [6, 6.07) is 13.1. The fraction of sp³-hybridized carbons (Fsp3) is 0.367. The van der Waals surface area contributed by atoms with Crippen molar-refractivity contribution in [3.05, 3.63) is 89.0 Å². The summed E-state index contributed by atoms with van der Waals surface area (Å²) in [4.78, 5) is 35.0. The van der Waals surface area contributed by atoms with Crippen molar-refractivity contribution in [2.24, 2.45) is 4.99 Å². The molecule has 3 heterocycles. The van der Waals surface area contributed by atoms with Gasteiger partial charge >= 0.3 is 5.97 Å². The van der Waals surface area contributed by atoms with E-state index in [2.05, 4.69) is 33.0 Å². The summed E-state index contributed by atoms with van der Waals surface area (Å²) in [5, 5.41) is 0. The van der Waals surface area contributed by atoms with Crippen LogP contribution in [0.15, 0.2) is 68.0 Å². The van der Waals surface area contributed by atoms with Gasteiger partial charge in [0.25, 0.3) is 5.56 Å². The summed E-state index contributed by atoms with van der Waals surface area (Å²) < 4.78 is 19.3. The van der Waals surface area contributed by atoms with Crippen molar-refractivity contribution in [1.29, 1.82) is 0 Å². The minimum Gasteiger partial charge on any atom is -0.496 e. The summed E-state index contributed by atoms with van der Waals surface area (Å²) in [5.41, 5.74) is 3.67. The van der Waals surface area contributed by atoms with Crippen LogP contribution in [0.3, 0.4) is 0 Å². The van der Waals surface area contributed by atoms with Gasteiger partial charge < -0.3 is 19.1 Å². The van der Waals surface area contributed by atoms with E-state index >= 15 is 0 Å². The second-order valence-electron chi connectivity index (χ2n) is 9.50. The predicted octanol–water partition coefficient (Wildman–Crippen LogP) is 4.19. The molecule has 0 radical (unpaired) electrons. The van der Waals surface area contributed by atoms with E-state index in [1.807, 2.05) is 43.3 Å². The molecule has 2 aliphatic rings. The van der Waals surface area contributed by atoms with Crippen molar-refractivity contribution in [1.82, 2.24) is 4.57 Å². The van der Waals surface area contributed by atoms with E-state index in [4.69, 9.17) is 19.2 Å². The third-order valence-corrected chi connectivity index (χ3v) is 8.55. The highest BCUT2D eigenvalue weighted by Gasteiger charge is 2.34. The van der Waals surface area contributed by atoms with Crippen LogP contribution in [-0.4, -0.2) is 50.6 Å². The number of carbonyl (C=O) groups is 1. The van der Waals surface area contributed by atoms with Crippen LogP contribution < -0.4 is 24.5 Å². The number of hydrogen-bond acceptors (Lipinski definition) is 8. The van der Waals surface area contributed by atoms with Gasteiger partial charge in [-0.2, -0.15) is 0 Å². The van der Waals surface area contributed by atoms with Crippen molar-refractivity contribution in [3.63, 3.8) is 0 Å². The van der Waals surface area contributed by atoms with Gasteiger partial charge in [-0.25, -0.2) is 9.79 Å². The average Bonchev–Trinajstić information content (AvgIpc) is 3.27. The van der Waals surface area contributed by atoms with Gasteiger partial charge in [0.2, 0.25) is 0 Å². The molecule has 1 aromatic heterocycles. The van der Waals surface area contributed by atoms with Gasteiger partial charge in [-0.3, -0.25) is 9.36 Å². The smallest absolute Gasteiger partial charge is 0.338 e. The fourth-order valence-corrected chi connectivity index (χ4v) is 6.62. The molecule has 0 unspecified atom stereocenters. The van der Waals surface area contributed by atoms with Crippen molar-refractivity contribution in [2.45, 2.75) is 32.7 Å². The highest BCUT2D eigenvalue weighted by molar-refractivity contribution is 9.10. The van der Waals surface area contributed by atoms with Gasteiger partial charge in [0.15, 0.2) is 4.80 Å². The standard InChI is InChI=1S/C30H32BrN3O5S/c1-4-6-23-26(29(36)39-5-2)27(20-9-12-24(37-3)22(31)18-20)34-28(35)25(40-30(34)32-23)17-19-7-10-21(11-8-19)33-13-15-38-16-14-33/h7-12,17-18,27H,4-6,13-16H2,1-3H3/b25-17+/t27-/m1/s1. The number of esters is 1. The molecule has 0 amide bonds. The van der Waals surface area contributed by atoms with Gasteiger partial charge in [0.05, 0.1) is 53.2 Å². The maximum Gasteiger partial charge on any atom is 0.338 e. The van der Waals surface area contributed by atoms with Crippen LogP contribution in [0.5, 0.6) is 5.75 Å². The zero-order valence-electron chi connectivity index (χ0n) is 22.8. The number of methoxy groups -OCH3 is 1. The molecule has 0 aliphatic carbocycles. The number of aromatic nitrogens is 1. The van der Waals surface area contributed by atoms with Gasteiger partial charge in [0, 0.05) is 18.8 Å². The van der Waals surface area contributed by atoms with E-state index in [1.54, 1.807) is 18.6 Å². The summed E-state index contributed by atoms with van der Waals surface area (Å²) >= 11 is 4.90. The first-order valence-corrected chi connectivity index (χ1v) is 15.0. The molecule has 0 saturated carbocycles. The SMILES string of the molecule is CCCC1=C(C(=O)OCC)[C@@H](c2ccc(OC)c(Br)c2)n2c(s/c(=C/c3ccc(N4CCOCC4)cc3)c2=O)=N1. The highest BCUT2D eigenvalue weighted by atomic mass is 79.9. The molecule has 0 bridgehead atoms. The topological polar surface area (TPSA) is 82.4 Å². The van der Waals surface area contributed by atoms with E-state index in [1.165, 1.54) is 11.3 Å². The van der Waals surface area contributed by atoms with Crippen LogP contribution in [0.25, 0.3) is 6.08 Å². The Morgan fingerprint density at radius 1 is 1.18 bits per heavy atom. The van der Waals surface area contributed by atoms with Gasteiger partial charge in [-0.05, 0) is 70.7 Å². The lowest BCUT2D eigenvalue weighted by molar-refractivity contribution is -0.139. The normalized spacial score (nSPS) is 17.4. The van der Waals surface area contributed by atoms with Gasteiger partial charge in [-0.15, -0.1) is 0 Å². The average molecular weight is 627 g/mol. The summed E-state index contributed by atoms with van der Waals surface area (Å²) in [7, 11) is 1.60. The Labute approximate surface area is 245 Å². The molecular formula is C30H32BrN3O5S. The van der Waals surface area contributed by atoms with Crippen molar-refractivity contribution in [3.8, 4) is 5.75 Å². The fourth-order valence-electron chi connectivity index (χ4n) is 5.04. The van der Waals surface area contributed by atoms with Crippen molar-refractivity contribution >= 4 is 45.0 Å². The number of carbonyl (C=O) groups excluding carboxylic acids is 1. The molecule has 0 N–H and O–H groups in total. The molecule has 1 atom stereocenters. The Kier molecular flexibility index (Phi) is 8.87. The summed E-state index contributed by atoms with van der Waals surface area (Å²) in [6.45, 7) is 7.22. The molecule has 2 aromatic carbocycles. The molecule has 210 valence electrons. The van der Waals surface area contributed by atoms with Crippen LogP contribution in [0, 0.1) is 0 Å².